The van der Waals surface area contributed by atoms with Gasteiger partial charge in [-0.25, -0.2) is 8.78 Å². The van der Waals surface area contributed by atoms with E-state index < -0.39 is 40.6 Å². The van der Waals surface area contributed by atoms with Crippen molar-refractivity contribution in [3.63, 3.8) is 0 Å². The van der Waals surface area contributed by atoms with Crippen LogP contribution >= 0.6 is 0 Å². The molecule has 1 fully saturated rings. The fourth-order valence-electron chi connectivity index (χ4n) is 5.24. The topological polar surface area (TPSA) is 90.9 Å². The van der Waals surface area contributed by atoms with Crippen molar-refractivity contribution < 1.29 is 37.4 Å². The lowest BCUT2D eigenvalue weighted by Gasteiger charge is -2.34. The third-order valence-corrected chi connectivity index (χ3v) is 7.16. The fourth-order valence-corrected chi connectivity index (χ4v) is 5.24. The Balaban J connectivity index is 2.17. The van der Waals surface area contributed by atoms with Crippen LogP contribution in [0.5, 0.6) is 0 Å². The number of nitrogens with one attached hydrogen (secondary N) is 1. The number of amides is 1. The van der Waals surface area contributed by atoms with Gasteiger partial charge in [-0.15, -0.1) is 0 Å². The molecule has 1 aromatic rings. The van der Waals surface area contributed by atoms with Crippen molar-refractivity contribution >= 4 is 17.8 Å². The maximum absolute atomic E-state index is 14.1. The molecule has 0 aliphatic heterocycles. The Bertz CT molecular complexity index is 955. The van der Waals surface area contributed by atoms with Gasteiger partial charge in [0.15, 0.2) is 0 Å². The number of carbonyl (C=O) groups is 3. The van der Waals surface area contributed by atoms with E-state index in [0.29, 0.717) is 57.1 Å². The second-order valence-electron chi connectivity index (χ2n) is 11.5. The Labute approximate surface area is 231 Å². The first kappa shape index (κ1) is 32.7. The number of halogens is 2. The molecule has 0 radical (unpaired) electrons. The molecule has 1 amide bonds. The van der Waals surface area contributed by atoms with Gasteiger partial charge >= 0.3 is 11.9 Å². The SMILES string of the molecule is CCOC(=O)C[C@@H](CCCc1ccc(F)cc1F)NC(=O)C1(C[C@@H](CCOC)C(=O)OC(C)(C)C)CCCC1. The molecular weight excluding hydrogens is 508 g/mol. The van der Waals surface area contributed by atoms with Gasteiger partial charge in [-0.2, -0.15) is 0 Å². The van der Waals surface area contributed by atoms with E-state index in [4.69, 9.17) is 14.2 Å². The number of ether oxygens (including phenoxy) is 3. The minimum Gasteiger partial charge on any atom is -0.466 e. The largest absolute Gasteiger partial charge is 0.466 e. The molecule has 1 saturated carbocycles. The smallest absolute Gasteiger partial charge is 0.309 e. The lowest BCUT2D eigenvalue weighted by atomic mass is 9.75. The van der Waals surface area contributed by atoms with E-state index in [2.05, 4.69) is 5.32 Å². The molecule has 39 heavy (non-hydrogen) atoms. The van der Waals surface area contributed by atoms with Gasteiger partial charge in [-0.3, -0.25) is 14.4 Å². The predicted octanol–water partition coefficient (Wildman–Crippen LogP) is 5.67. The zero-order valence-electron chi connectivity index (χ0n) is 24.1. The number of carbonyl (C=O) groups excluding carboxylic acids is 3. The zero-order valence-corrected chi connectivity index (χ0v) is 24.1. The number of hydrogen-bond acceptors (Lipinski definition) is 6. The second kappa shape index (κ2) is 15.3. The number of aryl methyl sites for hydroxylation is 1. The van der Waals surface area contributed by atoms with Crippen molar-refractivity contribution in [1.29, 1.82) is 0 Å². The lowest BCUT2D eigenvalue weighted by molar-refractivity contribution is -0.162. The quantitative estimate of drug-likeness (QED) is 0.282. The van der Waals surface area contributed by atoms with Gasteiger partial charge in [0.2, 0.25) is 5.91 Å². The van der Waals surface area contributed by atoms with Crippen LogP contribution in [0, 0.1) is 23.0 Å². The first-order valence-corrected chi connectivity index (χ1v) is 14.0. The summed E-state index contributed by atoms with van der Waals surface area (Å²) in [6, 6.07) is 2.96. The third-order valence-electron chi connectivity index (χ3n) is 7.16. The highest BCUT2D eigenvalue weighted by Gasteiger charge is 2.45. The molecule has 9 heteroatoms. The highest BCUT2D eigenvalue weighted by atomic mass is 19.1. The second-order valence-corrected chi connectivity index (χ2v) is 11.5. The van der Waals surface area contributed by atoms with Crippen molar-refractivity contribution in [3.8, 4) is 0 Å². The summed E-state index contributed by atoms with van der Waals surface area (Å²) in [6.07, 6.45) is 5.00. The Morgan fingerprint density at radius 3 is 2.38 bits per heavy atom. The van der Waals surface area contributed by atoms with Crippen LogP contribution in [0.1, 0.15) is 91.0 Å². The zero-order chi connectivity index (χ0) is 29.1. The number of hydrogen-bond donors (Lipinski definition) is 1. The Kier molecular flexibility index (Phi) is 12.8. The van der Waals surface area contributed by atoms with Crippen LogP contribution in [-0.2, 0) is 35.0 Å². The summed E-state index contributed by atoms with van der Waals surface area (Å²) >= 11 is 0. The summed E-state index contributed by atoms with van der Waals surface area (Å²) in [5.41, 5.74) is -1.03. The van der Waals surface area contributed by atoms with Crippen molar-refractivity contribution in [2.75, 3.05) is 20.3 Å². The van der Waals surface area contributed by atoms with E-state index in [1.54, 1.807) is 14.0 Å². The number of rotatable bonds is 15. The third kappa shape index (κ3) is 10.9. The highest BCUT2D eigenvalue weighted by molar-refractivity contribution is 5.85. The summed E-state index contributed by atoms with van der Waals surface area (Å²) < 4.78 is 43.4. The summed E-state index contributed by atoms with van der Waals surface area (Å²) in [5, 5.41) is 3.07. The van der Waals surface area contributed by atoms with Crippen LogP contribution in [0.25, 0.3) is 0 Å². The average molecular weight is 554 g/mol. The number of esters is 2. The molecule has 1 N–H and O–H groups in total. The van der Waals surface area contributed by atoms with Gasteiger partial charge in [-0.05, 0) is 84.3 Å². The van der Waals surface area contributed by atoms with E-state index in [-0.39, 0.29) is 24.9 Å². The molecule has 0 unspecified atom stereocenters. The molecular formula is C30H45F2NO6. The van der Waals surface area contributed by atoms with E-state index >= 15 is 0 Å². The van der Waals surface area contributed by atoms with Crippen LogP contribution in [0.4, 0.5) is 8.78 Å². The summed E-state index contributed by atoms with van der Waals surface area (Å²) in [5.74, 6) is -2.71. The molecule has 0 heterocycles. The maximum Gasteiger partial charge on any atom is 0.309 e. The van der Waals surface area contributed by atoms with Crippen LogP contribution in [0.15, 0.2) is 18.2 Å². The molecule has 7 nitrogen and oxygen atoms in total. The predicted molar refractivity (Wildman–Crippen MR) is 144 cm³/mol. The van der Waals surface area contributed by atoms with E-state index in [1.165, 1.54) is 12.1 Å². The monoisotopic (exact) mass is 553 g/mol. The molecule has 2 atom stereocenters. The van der Waals surface area contributed by atoms with Gasteiger partial charge in [0.1, 0.15) is 17.2 Å². The van der Waals surface area contributed by atoms with E-state index in [1.807, 2.05) is 20.8 Å². The molecule has 1 aliphatic carbocycles. The molecule has 2 rings (SSSR count). The van der Waals surface area contributed by atoms with Gasteiger partial charge in [0.25, 0.3) is 0 Å². The van der Waals surface area contributed by atoms with Crippen molar-refractivity contribution in [2.45, 2.75) is 104 Å². The van der Waals surface area contributed by atoms with Crippen molar-refractivity contribution in [2.24, 2.45) is 11.3 Å². The number of benzene rings is 1. The standard InChI is InChI=1S/C30H45F2NO6/c1-6-38-26(34)19-24(11-9-10-21-12-13-23(31)18-25(21)32)33-28(36)30(15-7-8-16-30)20-22(14-17-37-5)27(35)39-29(2,3)4/h12-13,18,22,24H,6-11,14-17,19-20H2,1-5H3,(H,33,36)/t22-,24-/m1/s1. The normalized spacial score (nSPS) is 16.4. The maximum atomic E-state index is 14.1. The van der Waals surface area contributed by atoms with Crippen molar-refractivity contribution in [1.82, 2.24) is 5.32 Å². The van der Waals surface area contributed by atoms with Crippen LogP contribution in [-0.4, -0.2) is 49.8 Å². The molecule has 0 spiro atoms. The lowest BCUT2D eigenvalue weighted by Crippen LogP contribution is -2.47. The van der Waals surface area contributed by atoms with Gasteiger partial charge in [0.05, 0.1) is 24.4 Å². The van der Waals surface area contributed by atoms with Crippen LogP contribution in [0.3, 0.4) is 0 Å². The van der Waals surface area contributed by atoms with Gasteiger partial charge in [0, 0.05) is 25.8 Å². The number of methoxy groups -OCH3 is 1. The Morgan fingerprint density at radius 2 is 1.79 bits per heavy atom. The van der Waals surface area contributed by atoms with Gasteiger partial charge < -0.3 is 19.5 Å². The summed E-state index contributed by atoms with van der Waals surface area (Å²) in [7, 11) is 1.57. The minimum absolute atomic E-state index is 0.0132. The van der Waals surface area contributed by atoms with Gasteiger partial charge in [-0.1, -0.05) is 18.9 Å². The summed E-state index contributed by atoms with van der Waals surface area (Å²) in [4.78, 5) is 39.2. The van der Waals surface area contributed by atoms with E-state index in [0.717, 1.165) is 18.9 Å². The van der Waals surface area contributed by atoms with E-state index in [9.17, 15) is 23.2 Å². The minimum atomic E-state index is -0.759. The molecule has 0 bridgehead atoms. The Morgan fingerprint density at radius 1 is 1.10 bits per heavy atom. The Hall–Kier alpha value is -2.55. The first-order chi connectivity index (χ1) is 18.4. The molecule has 220 valence electrons. The molecule has 0 saturated heterocycles. The molecule has 0 aromatic heterocycles. The van der Waals surface area contributed by atoms with Crippen LogP contribution < -0.4 is 5.32 Å². The average Bonchev–Trinajstić information content (AvgIpc) is 3.32. The highest BCUT2D eigenvalue weighted by Crippen LogP contribution is 2.44. The molecule has 1 aliphatic rings. The fraction of sp³-hybridized carbons (Fsp3) is 0.700. The van der Waals surface area contributed by atoms with Crippen molar-refractivity contribution in [3.05, 3.63) is 35.4 Å². The first-order valence-electron chi connectivity index (χ1n) is 14.0. The van der Waals surface area contributed by atoms with Crippen LogP contribution in [0.2, 0.25) is 0 Å². The summed E-state index contributed by atoms with van der Waals surface area (Å²) in [6.45, 7) is 7.75. The molecule has 1 aromatic carbocycles.